The van der Waals surface area contributed by atoms with E-state index >= 15 is 0 Å². The Bertz CT molecular complexity index is 488. The molecule has 92 valence electrons. The second-order valence-electron chi connectivity index (χ2n) is 4.22. The minimum absolute atomic E-state index is 0.0897. The van der Waals surface area contributed by atoms with Crippen molar-refractivity contribution in [1.82, 2.24) is 0 Å². The fourth-order valence-corrected chi connectivity index (χ4v) is 1.76. The molecule has 2 nitrogen and oxygen atoms in total. The monoisotopic (exact) mass is 238 g/mol. The predicted molar refractivity (Wildman–Crippen MR) is 77.3 cm³/mol. The highest BCUT2D eigenvalue weighted by atomic mass is 14.9. The second kappa shape index (κ2) is 6.03. The quantitative estimate of drug-likeness (QED) is 0.783. The van der Waals surface area contributed by atoms with Gasteiger partial charge in [-0.15, -0.1) is 6.58 Å². The number of hydrogen-bond acceptors (Lipinski definition) is 2. The average Bonchev–Trinajstić information content (AvgIpc) is 2.46. The standard InChI is InChI=1S/C16H18N2/c1-2-16(17)14-8-10-15(11-9-14)18-12-13-6-4-3-5-7-13/h2-11,16,18H,1,12,17H2/t16-/m1/s1. The molecule has 18 heavy (non-hydrogen) atoms. The van der Waals surface area contributed by atoms with E-state index in [0.29, 0.717) is 0 Å². The van der Waals surface area contributed by atoms with Gasteiger partial charge < -0.3 is 11.1 Å². The summed E-state index contributed by atoms with van der Waals surface area (Å²) in [5.41, 5.74) is 9.31. The van der Waals surface area contributed by atoms with Gasteiger partial charge in [-0.2, -0.15) is 0 Å². The first-order valence-electron chi connectivity index (χ1n) is 6.05. The summed E-state index contributed by atoms with van der Waals surface area (Å²) in [5.74, 6) is 0. The first kappa shape index (κ1) is 12.4. The van der Waals surface area contributed by atoms with Crippen LogP contribution in [-0.4, -0.2) is 0 Å². The van der Waals surface area contributed by atoms with Gasteiger partial charge in [0.15, 0.2) is 0 Å². The fourth-order valence-electron chi connectivity index (χ4n) is 1.76. The summed E-state index contributed by atoms with van der Waals surface area (Å²) < 4.78 is 0. The fraction of sp³-hybridized carbons (Fsp3) is 0.125. The molecule has 3 N–H and O–H groups in total. The lowest BCUT2D eigenvalue weighted by atomic mass is 10.1. The maximum absolute atomic E-state index is 5.87. The van der Waals surface area contributed by atoms with Crippen molar-refractivity contribution >= 4 is 5.69 Å². The molecule has 1 atom stereocenters. The minimum atomic E-state index is -0.0897. The van der Waals surface area contributed by atoms with E-state index in [1.165, 1.54) is 5.56 Å². The molecule has 0 aliphatic rings. The van der Waals surface area contributed by atoms with E-state index in [0.717, 1.165) is 17.8 Å². The normalized spacial score (nSPS) is 11.8. The van der Waals surface area contributed by atoms with Crippen LogP contribution in [0.4, 0.5) is 5.69 Å². The van der Waals surface area contributed by atoms with Gasteiger partial charge in [0.25, 0.3) is 0 Å². The molecule has 0 radical (unpaired) electrons. The van der Waals surface area contributed by atoms with Crippen molar-refractivity contribution in [2.45, 2.75) is 12.6 Å². The topological polar surface area (TPSA) is 38.0 Å². The first-order valence-corrected chi connectivity index (χ1v) is 6.05. The smallest absolute Gasteiger partial charge is 0.0478 e. The molecule has 2 heteroatoms. The summed E-state index contributed by atoms with van der Waals surface area (Å²) in [5, 5.41) is 3.38. The van der Waals surface area contributed by atoms with Gasteiger partial charge in [0.05, 0.1) is 0 Å². The van der Waals surface area contributed by atoms with E-state index < -0.39 is 0 Å². The summed E-state index contributed by atoms with van der Waals surface area (Å²) in [6.45, 7) is 4.52. The van der Waals surface area contributed by atoms with Gasteiger partial charge in [-0.1, -0.05) is 48.5 Å². The number of benzene rings is 2. The van der Waals surface area contributed by atoms with Crippen LogP contribution in [0.25, 0.3) is 0 Å². The Kier molecular flexibility index (Phi) is 4.15. The number of anilines is 1. The summed E-state index contributed by atoms with van der Waals surface area (Å²) in [6, 6.07) is 18.4. The molecule has 2 rings (SSSR count). The molecule has 2 aromatic carbocycles. The van der Waals surface area contributed by atoms with Gasteiger partial charge in [-0.3, -0.25) is 0 Å². The van der Waals surface area contributed by atoms with Crippen LogP contribution in [0.3, 0.4) is 0 Å². The third-order valence-corrected chi connectivity index (χ3v) is 2.89. The van der Waals surface area contributed by atoms with Gasteiger partial charge in [-0.25, -0.2) is 0 Å². The molecule has 0 unspecified atom stereocenters. The lowest BCUT2D eigenvalue weighted by Crippen LogP contribution is -2.06. The van der Waals surface area contributed by atoms with Crippen molar-refractivity contribution in [3.8, 4) is 0 Å². The Morgan fingerprint density at radius 1 is 1.06 bits per heavy atom. The molecule has 0 bridgehead atoms. The summed E-state index contributed by atoms with van der Waals surface area (Å²) in [6.07, 6.45) is 1.74. The van der Waals surface area contributed by atoms with Crippen molar-refractivity contribution in [3.05, 3.63) is 78.4 Å². The van der Waals surface area contributed by atoms with Crippen LogP contribution in [0, 0.1) is 0 Å². The third kappa shape index (κ3) is 3.22. The molecule has 0 aliphatic heterocycles. The predicted octanol–water partition coefficient (Wildman–Crippen LogP) is 3.48. The number of hydrogen-bond donors (Lipinski definition) is 2. The summed E-state index contributed by atoms with van der Waals surface area (Å²) in [4.78, 5) is 0. The van der Waals surface area contributed by atoms with Gasteiger partial charge in [0.1, 0.15) is 0 Å². The van der Waals surface area contributed by atoms with Gasteiger partial charge in [-0.05, 0) is 23.3 Å². The lowest BCUT2D eigenvalue weighted by Gasteiger charge is -2.09. The van der Waals surface area contributed by atoms with Crippen molar-refractivity contribution in [2.24, 2.45) is 5.73 Å². The number of nitrogens with two attached hydrogens (primary N) is 1. The van der Waals surface area contributed by atoms with Crippen LogP contribution >= 0.6 is 0 Å². The highest BCUT2D eigenvalue weighted by Gasteiger charge is 2.00. The second-order valence-corrected chi connectivity index (χ2v) is 4.22. The zero-order valence-electron chi connectivity index (χ0n) is 10.3. The molecule has 0 amide bonds. The van der Waals surface area contributed by atoms with E-state index in [9.17, 15) is 0 Å². The highest BCUT2D eigenvalue weighted by molar-refractivity contribution is 5.46. The Morgan fingerprint density at radius 3 is 2.33 bits per heavy atom. The van der Waals surface area contributed by atoms with Gasteiger partial charge in [0, 0.05) is 18.3 Å². The maximum atomic E-state index is 5.87. The highest BCUT2D eigenvalue weighted by Crippen LogP contribution is 2.15. The van der Waals surface area contributed by atoms with E-state index in [2.05, 4.69) is 24.0 Å². The largest absolute Gasteiger partial charge is 0.381 e. The molecular formula is C16H18N2. The van der Waals surface area contributed by atoms with Crippen molar-refractivity contribution in [3.63, 3.8) is 0 Å². The molecular weight excluding hydrogens is 220 g/mol. The van der Waals surface area contributed by atoms with Crippen LogP contribution in [0.1, 0.15) is 17.2 Å². The Hall–Kier alpha value is -2.06. The Labute approximate surface area is 108 Å². The number of nitrogens with one attached hydrogen (secondary N) is 1. The van der Waals surface area contributed by atoms with Crippen molar-refractivity contribution < 1.29 is 0 Å². The average molecular weight is 238 g/mol. The van der Waals surface area contributed by atoms with E-state index in [4.69, 9.17) is 5.73 Å². The van der Waals surface area contributed by atoms with E-state index in [1.54, 1.807) is 6.08 Å². The van der Waals surface area contributed by atoms with Crippen LogP contribution < -0.4 is 11.1 Å². The molecule has 0 fully saturated rings. The molecule has 0 aliphatic carbocycles. The summed E-state index contributed by atoms with van der Waals surface area (Å²) >= 11 is 0. The van der Waals surface area contributed by atoms with E-state index in [-0.39, 0.29) is 6.04 Å². The van der Waals surface area contributed by atoms with Crippen LogP contribution in [0.15, 0.2) is 67.3 Å². The molecule has 0 saturated carbocycles. The maximum Gasteiger partial charge on any atom is 0.0478 e. The van der Waals surface area contributed by atoms with Gasteiger partial charge >= 0.3 is 0 Å². The number of rotatable bonds is 5. The van der Waals surface area contributed by atoms with Crippen LogP contribution in [0.2, 0.25) is 0 Å². The molecule has 2 aromatic rings. The first-order chi connectivity index (χ1) is 8.79. The zero-order valence-corrected chi connectivity index (χ0v) is 10.3. The molecule has 0 spiro atoms. The lowest BCUT2D eigenvalue weighted by molar-refractivity contribution is 0.914. The van der Waals surface area contributed by atoms with Crippen LogP contribution in [-0.2, 0) is 6.54 Å². The molecule has 0 heterocycles. The molecule has 0 saturated heterocycles. The van der Waals surface area contributed by atoms with E-state index in [1.807, 2.05) is 42.5 Å². The third-order valence-electron chi connectivity index (χ3n) is 2.89. The Balaban J connectivity index is 1.96. The minimum Gasteiger partial charge on any atom is -0.381 e. The van der Waals surface area contributed by atoms with Crippen LogP contribution in [0.5, 0.6) is 0 Å². The zero-order chi connectivity index (χ0) is 12.8. The SMILES string of the molecule is C=C[C@@H](N)c1ccc(NCc2ccccc2)cc1. The summed E-state index contributed by atoms with van der Waals surface area (Å²) in [7, 11) is 0. The van der Waals surface area contributed by atoms with Crippen molar-refractivity contribution in [2.75, 3.05) is 5.32 Å². The molecule has 0 aromatic heterocycles. The van der Waals surface area contributed by atoms with Gasteiger partial charge in [0.2, 0.25) is 0 Å². The van der Waals surface area contributed by atoms with Crippen molar-refractivity contribution in [1.29, 1.82) is 0 Å². The Morgan fingerprint density at radius 2 is 1.72 bits per heavy atom.